The van der Waals surface area contributed by atoms with E-state index in [1.54, 1.807) is 11.8 Å². The number of hydrogen-bond donors (Lipinski definition) is 1. The summed E-state index contributed by atoms with van der Waals surface area (Å²) in [7, 11) is 0. The minimum Gasteiger partial charge on any atom is -0.309 e. The fourth-order valence-electron chi connectivity index (χ4n) is 2.02. The van der Waals surface area contributed by atoms with Gasteiger partial charge in [0.25, 0.3) is 0 Å². The van der Waals surface area contributed by atoms with Gasteiger partial charge < -0.3 is 5.32 Å². The average molecular weight is 301 g/mol. The van der Waals surface area contributed by atoms with Crippen LogP contribution in [-0.2, 0) is 12.3 Å². The topological polar surface area (TPSA) is 37.8 Å². The van der Waals surface area contributed by atoms with E-state index in [2.05, 4.69) is 66.4 Å². The lowest BCUT2D eigenvalue weighted by molar-refractivity contribution is 0.579. The number of hydrogen-bond acceptors (Lipinski definition) is 4. The Hall–Kier alpha value is -1.39. The fraction of sp³-hybridized carbons (Fsp3) is 0.412. The second-order valence-electron chi connectivity index (χ2n) is 5.56. The molecule has 0 radical (unpaired) electrons. The van der Waals surface area contributed by atoms with Crippen molar-refractivity contribution in [3.05, 3.63) is 53.1 Å². The van der Waals surface area contributed by atoms with Crippen molar-refractivity contribution in [2.24, 2.45) is 0 Å². The van der Waals surface area contributed by atoms with Gasteiger partial charge in [0.2, 0.25) is 0 Å². The highest BCUT2D eigenvalue weighted by Crippen LogP contribution is 2.22. The van der Waals surface area contributed by atoms with Crippen LogP contribution in [-0.4, -0.2) is 16.0 Å². The van der Waals surface area contributed by atoms with E-state index in [0.29, 0.717) is 6.04 Å². The Morgan fingerprint density at radius 1 is 1.14 bits per heavy atom. The molecule has 0 spiro atoms. The van der Waals surface area contributed by atoms with Crippen LogP contribution in [0, 0.1) is 13.8 Å². The average Bonchev–Trinajstić information content (AvgIpc) is 2.43. The summed E-state index contributed by atoms with van der Waals surface area (Å²) in [5, 5.41) is 3.40. The minimum absolute atomic E-state index is 0.463. The minimum atomic E-state index is 0.463. The lowest BCUT2D eigenvalue weighted by Crippen LogP contribution is -2.22. The quantitative estimate of drug-likeness (QED) is 0.822. The zero-order valence-corrected chi connectivity index (χ0v) is 14.0. The van der Waals surface area contributed by atoms with Crippen molar-refractivity contribution < 1.29 is 0 Å². The maximum atomic E-state index is 4.65. The number of nitrogens with one attached hydrogen (secondary N) is 1. The Morgan fingerprint density at radius 2 is 1.95 bits per heavy atom. The van der Waals surface area contributed by atoms with Crippen LogP contribution < -0.4 is 5.32 Å². The monoisotopic (exact) mass is 301 g/mol. The van der Waals surface area contributed by atoms with Crippen molar-refractivity contribution in [3.63, 3.8) is 0 Å². The molecular formula is C17H23N3S. The molecule has 21 heavy (non-hydrogen) atoms. The van der Waals surface area contributed by atoms with E-state index < -0.39 is 0 Å². The fourth-order valence-corrected chi connectivity index (χ4v) is 2.89. The second kappa shape index (κ2) is 7.57. The van der Waals surface area contributed by atoms with Gasteiger partial charge in [-0.3, -0.25) is 0 Å². The third-order valence-corrected chi connectivity index (χ3v) is 3.99. The van der Waals surface area contributed by atoms with Gasteiger partial charge in [0.15, 0.2) is 0 Å². The maximum absolute atomic E-state index is 4.65. The number of rotatable bonds is 6. The highest BCUT2D eigenvalue weighted by Gasteiger charge is 2.04. The summed E-state index contributed by atoms with van der Waals surface area (Å²) in [5.41, 5.74) is 3.38. The molecule has 0 saturated carbocycles. The number of nitrogens with zero attached hydrogens (tertiary/aromatic N) is 2. The highest BCUT2D eigenvalue weighted by atomic mass is 32.2. The van der Waals surface area contributed by atoms with Crippen LogP contribution >= 0.6 is 11.8 Å². The molecule has 0 aliphatic carbocycles. The van der Waals surface area contributed by atoms with Crippen molar-refractivity contribution in [2.75, 3.05) is 0 Å². The predicted molar refractivity (Wildman–Crippen MR) is 89.5 cm³/mol. The van der Waals surface area contributed by atoms with E-state index in [4.69, 9.17) is 0 Å². The van der Waals surface area contributed by atoms with Crippen LogP contribution in [0.5, 0.6) is 0 Å². The van der Waals surface area contributed by atoms with Gasteiger partial charge in [-0.1, -0.05) is 31.5 Å². The van der Waals surface area contributed by atoms with Crippen molar-refractivity contribution >= 4 is 11.8 Å². The van der Waals surface area contributed by atoms with E-state index >= 15 is 0 Å². The van der Waals surface area contributed by atoms with Gasteiger partial charge in [-0.15, -0.1) is 11.8 Å². The van der Waals surface area contributed by atoms with E-state index in [1.165, 1.54) is 10.5 Å². The van der Waals surface area contributed by atoms with Crippen LogP contribution in [0.2, 0.25) is 0 Å². The molecule has 3 nitrogen and oxygen atoms in total. The van der Waals surface area contributed by atoms with E-state index in [-0.39, 0.29) is 0 Å². The summed E-state index contributed by atoms with van der Waals surface area (Å²) < 4.78 is 0. The summed E-state index contributed by atoms with van der Waals surface area (Å²) in [4.78, 5) is 10.5. The molecule has 4 heteroatoms. The van der Waals surface area contributed by atoms with E-state index in [0.717, 1.165) is 29.5 Å². The Bertz CT molecular complexity index is 596. The Kier molecular flexibility index (Phi) is 5.76. The van der Waals surface area contributed by atoms with Crippen LogP contribution in [0.15, 0.2) is 35.2 Å². The molecule has 0 aliphatic rings. The van der Waals surface area contributed by atoms with Crippen LogP contribution in [0.4, 0.5) is 0 Å². The summed E-state index contributed by atoms with van der Waals surface area (Å²) in [6.07, 6.45) is 0. The molecule has 0 unspecified atom stereocenters. The first-order chi connectivity index (χ1) is 10.0. The number of aromatic nitrogens is 2. The van der Waals surface area contributed by atoms with Gasteiger partial charge in [0, 0.05) is 23.2 Å². The molecule has 1 heterocycles. The molecule has 0 amide bonds. The molecule has 112 valence electrons. The summed E-state index contributed by atoms with van der Waals surface area (Å²) in [6.45, 7) is 9.22. The van der Waals surface area contributed by atoms with Crippen molar-refractivity contribution in [1.29, 1.82) is 0 Å². The predicted octanol–water partition coefficient (Wildman–Crippen LogP) is 3.88. The first-order valence-electron chi connectivity index (χ1n) is 7.29. The Labute approximate surface area is 131 Å². The van der Waals surface area contributed by atoms with Crippen LogP contribution in [0.25, 0.3) is 0 Å². The number of aryl methyl sites for hydroxylation is 2. The van der Waals surface area contributed by atoms with Gasteiger partial charge >= 0.3 is 0 Å². The highest BCUT2D eigenvalue weighted by molar-refractivity contribution is 7.98. The smallest absolute Gasteiger partial charge is 0.139 e. The molecule has 1 N–H and O–H groups in total. The molecule has 1 aromatic heterocycles. The lowest BCUT2D eigenvalue weighted by atomic mass is 10.2. The SMILES string of the molecule is Cc1cccc(SCc2nc(C)cc(CNC(C)C)n2)c1. The van der Waals surface area contributed by atoms with Crippen molar-refractivity contribution in [3.8, 4) is 0 Å². The van der Waals surface area contributed by atoms with Gasteiger partial charge in [0.1, 0.15) is 5.82 Å². The lowest BCUT2D eigenvalue weighted by Gasteiger charge is -2.09. The van der Waals surface area contributed by atoms with Gasteiger partial charge in [-0.05, 0) is 32.0 Å². The first-order valence-corrected chi connectivity index (χ1v) is 8.28. The van der Waals surface area contributed by atoms with Crippen LogP contribution in [0.3, 0.4) is 0 Å². The summed E-state index contributed by atoms with van der Waals surface area (Å²) >= 11 is 1.78. The molecule has 1 aromatic carbocycles. The van der Waals surface area contributed by atoms with Crippen molar-refractivity contribution in [1.82, 2.24) is 15.3 Å². The third kappa shape index (κ3) is 5.48. The standard InChI is InChI=1S/C17H23N3S/c1-12(2)18-10-15-9-14(4)19-17(20-15)11-21-16-7-5-6-13(3)8-16/h5-9,12,18H,10-11H2,1-4H3. The van der Waals surface area contributed by atoms with Crippen molar-refractivity contribution in [2.45, 2.75) is 50.9 Å². The van der Waals surface area contributed by atoms with Gasteiger partial charge in [-0.2, -0.15) is 0 Å². The van der Waals surface area contributed by atoms with Gasteiger partial charge in [-0.25, -0.2) is 9.97 Å². The largest absolute Gasteiger partial charge is 0.309 e. The van der Waals surface area contributed by atoms with E-state index in [9.17, 15) is 0 Å². The number of benzene rings is 1. The molecule has 2 aromatic rings. The van der Waals surface area contributed by atoms with Gasteiger partial charge in [0.05, 0.1) is 11.4 Å². The Balaban J connectivity index is 2.02. The Morgan fingerprint density at radius 3 is 2.67 bits per heavy atom. The number of thioether (sulfide) groups is 1. The summed E-state index contributed by atoms with van der Waals surface area (Å²) in [5.74, 6) is 1.71. The summed E-state index contributed by atoms with van der Waals surface area (Å²) in [6, 6.07) is 11.0. The molecular weight excluding hydrogens is 278 g/mol. The molecule has 2 rings (SSSR count). The zero-order chi connectivity index (χ0) is 15.2. The zero-order valence-electron chi connectivity index (χ0n) is 13.2. The molecule has 0 aliphatic heterocycles. The van der Waals surface area contributed by atoms with Crippen LogP contribution in [0.1, 0.15) is 36.6 Å². The van der Waals surface area contributed by atoms with E-state index in [1.807, 2.05) is 6.92 Å². The third-order valence-electron chi connectivity index (χ3n) is 3.00. The molecule has 0 atom stereocenters. The second-order valence-corrected chi connectivity index (χ2v) is 6.61. The first kappa shape index (κ1) is 16.0. The normalized spacial score (nSPS) is 11.1. The molecule has 0 bridgehead atoms. The maximum Gasteiger partial charge on any atom is 0.139 e. The molecule has 0 fully saturated rings. The molecule has 0 saturated heterocycles.